The lowest BCUT2D eigenvalue weighted by Crippen LogP contribution is -2.37. The van der Waals surface area contributed by atoms with Crippen LogP contribution in [0.3, 0.4) is 0 Å². The van der Waals surface area contributed by atoms with Gasteiger partial charge in [-0.05, 0) is 18.1 Å². The van der Waals surface area contributed by atoms with Gasteiger partial charge in [0.25, 0.3) is 0 Å². The maximum Gasteiger partial charge on any atom is 0.219 e. The van der Waals surface area contributed by atoms with E-state index >= 15 is 0 Å². The molecule has 2 heteroatoms. The molecule has 0 radical (unpaired) electrons. The summed E-state index contributed by atoms with van der Waals surface area (Å²) < 4.78 is 0. The van der Waals surface area contributed by atoms with Crippen molar-refractivity contribution in [2.45, 2.75) is 32.2 Å². The third-order valence-electron chi connectivity index (χ3n) is 3.53. The van der Waals surface area contributed by atoms with Crippen molar-refractivity contribution in [3.05, 3.63) is 71.8 Å². The number of hydrogen-bond donors (Lipinski definition) is 1. The zero-order valence-electron chi connectivity index (χ0n) is 12.0. The van der Waals surface area contributed by atoms with Crippen molar-refractivity contribution in [2.75, 3.05) is 0 Å². The molecule has 2 nitrogen and oxygen atoms in total. The van der Waals surface area contributed by atoms with Gasteiger partial charge >= 0.3 is 0 Å². The minimum Gasteiger partial charge on any atom is -0.353 e. The second-order valence-corrected chi connectivity index (χ2v) is 5.01. The lowest BCUT2D eigenvalue weighted by Gasteiger charge is -2.26. The molecular formula is C18H21NO. The predicted octanol–water partition coefficient (Wildman–Crippen LogP) is 3.73. The molecule has 1 amide bonds. The molecule has 0 unspecified atom stereocenters. The highest BCUT2D eigenvalue weighted by Crippen LogP contribution is 2.27. The number of benzene rings is 2. The number of hydrogen-bond acceptors (Lipinski definition) is 1. The van der Waals surface area contributed by atoms with Gasteiger partial charge in [-0.15, -0.1) is 0 Å². The highest BCUT2D eigenvalue weighted by molar-refractivity contribution is 5.76. The average Bonchev–Trinajstić information content (AvgIpc) is 2.49. The van der Waals surface area contributed by atoms with Crippen LogP contribution in [0.1, 0.15) is 37.3 Å². The van der Waals surface area contributed by atoms with Crippen LogP contribution in [-0.4, -0.2) is 11.9 Å². The van der Waals surface area contributed by atoms with E-state index in [9.17, 15) is 4.79 Å². The Morgan fingerprint density at radius 1 is 0.950 bits per heavy atom. The zero-order valence-corrected chi connectivity index (χ0v) is 12.0. The Morgan fingerprint density at radius 2 is 1.40 bits per heavy atom. The molecule has 2 aromatic carbocycles. The normalized spacial score (nSPS) is 12.2. The SMILES string of the molecule is CCC(=O)N[C@@H](C)C(c1ccccc1)c1ccccc1. The fourth-order valence-electron chi connectivity index (χ4n) is 2.53. The van der Waals surface area contributed by atoms with Crippen LogP contribution in [0.25, 0.3) is 0 Å². The van der Waals surface area contributed by atoms with Crippen molar-refractivity contribution < 1.29 is 4.79 Å². The predicted molar refractivity (Wildman–Crippen MR) is 82.6 cm³/mol. The molecular weight excluding hydrogens is 246 g/mol. The van der Waals surface area contributed by atoms with Crippen LogP contribution >= 0.6 is 0 Å². The topological polar surface area (TPSA) is 29.1 Å². The molecule has 0 saturated heterocycles. The Morgan fingerprint density at radius 3 is 1.80 bits per heavy atom. The molecule has 0 aromatic heterocycles. The molecule has 0 spiro atoms. The van der Waals surface area contributed by atoms with Gasteiger partial charge in [-0.3, -0.25) is 4.79 Å². The molecule has 0 aliphatic carbocycles. The van der Waals surface area contributed by atoms with Gasteiger partial charge in [0.15, 0.2) is 0 Å². The zero-order chi connectivity index (χ0) is 14.4. The van der Waals surface area contributed by atoms with E-state index in [2.05, 4.69) is 36.5 Å². The molecule has 1 atom stereocenters. The van der Waals surface area contributed by atoms with Crippen molar-refractivity contribution in [2.24, 2.45) is 0 Å². The number of nitrogens with one attached hydrogen (secondary N) is 1. The summed E-state index contributed by atoms with van der Waals surface area (Å²) in [5.74, 6) is 0.266. The summed E-state index contributed by atoms with van der Waals surface area (Å²) in [6.45, 7) is 3.94. The Kier molecular flexibility index (Phi) is 4.94. The van der Waals surface area contributed by atoms with Crippen LogP contribution in [0.5, 0.6) is 0 Å². The molecule has 0 aliphatic heterocycles. The second-order valence-electron chi connectivity index (χ2n) is 5.01. The molecule has 0 fully saturated rings. The summed E-state index contributed by atoms with van der Waals surface area (Å²) in [5.41, 5.74) is 2.45. The van der Waals surface area contributed by atoms with Gasteiger partial charge in [0, 0.05) is 18.4 Å². The van der Waals surface area contributed by atoms with Crippen molar-refractivity contribution in [1.29, 1.82) is 0 Å². The van der Waals surface area contributed by atoms with Crippen LogP contribution in [0.2, 0.25) is 0 Å². The van der Waals surface area contributed by atoms with Crippen molar-refractivity contribution in [3.8, 4) is 0 Å². The minimum absolute atomic E-state index is 0.0623. The first-order valence-electron chi connectivity index (χ1n) is 7.11. The summed E-state index contributed by atoms with van der Waals surface area (Å²) in [5, 5.41) is 3.09. The van der Waals surface area contributed by atoms with Gasteiger partial charge in [0.1, 0.15) is 0 Å². The smallest absolute Gasteiger partial charge is 0.219 e. The lowest BCUT2D eigenvalue weighted by molar-refractivity contribution is -0.121. The number of carbonyl (C=O) groups excluding carboxylic acids is 1. The standard InChI is InChI=1S/C18H21NO/c1-3-17(20)19-14(2)18(15-10-6-4-7-11-15)16-12-8-5-9-13-16/h4-14,18H,3H2,1-2H3,(H,19,20)/t14-/m0/s1. The first-order valence-corrected chi connectivity index (χ1v) is 7.11. The monoisotopic (exact) mass is 267 g/mol. The lowest BCUT2D eigenvalue weighted by atomic mass is 9.86. The van der Waals surface area contributed by atoms with Crippen LogP contribution in [0, 0.1) is 0 Å². The molecule has 0 heterocycles. The van der Waals surface area contributed by atoms with Crippen molar-refractivity contribution in [1.82, 2.24) is 5.32 Å². The number of carbonyl (C=O) groups is 1. The van der Waals surface area contributed by atoms with Crippen LogP contribution in [-0.2, 0) is 4.79 Å². The summed E-state index contributed by atoms with van der Waals surface area (Å²) >= 11 is 0. The van der Waals surface area contributed by atoms with Gasteiger partial charge in [-0.1, -0.05) is 67.6 Å². The molecule has 1 N–H and O–H groups in total. The molecule has 20 heavy (non-hydrogen) atoms. The second kappa shape index (κ2) is 6.90. The third-order valence-corrected chi connectivity index (χ3v) is 3.53. The maximum atomic E-state index is 11.7. The van der Waals surface area contributed by atoms with Gasteiger partial charge in [0.05, 0.1) is 0 Å². The highest BCUT2D eigenvalue weighted by Gasteiger charge is 2.22. The average molecular weight is 267 g/mol. The molecule has 2 rings (SSSR count). The summed E-state index contributed by atoms with van der Waals surface area (Å²) in [6, 6.07) is 20.7. The van der Waals surface area contributed by atoms with E-state index in [1.54, 1.807) is 0 Å². The van der Waals surface area contributed by atoms with Crippen LogP contribution < -0.4 is 5.32 Å². The van der Waals surface area contributed by atoms with Gasteiger partial charge in [-0.25, -0.2) is 0 Å². The molecule has 0 aliphatic rings. The quantitative estimate of drug-likeness (QED) is 0.878. The Labute approximate surface area is 120 Å². The van der Waals surface area contributed by atoms with E-state index in [1.807, 2.05) is 43.3 Å². The summed E-state index contributed by atoms with van der Waals surface area (Å²) in [6.07, 6.45) is 0.515. The first kappa shape index (κ1) is 14.3. The largest absolute Gasteiger partial charge is 0.353 e. The number of amides is 1. The van der Waals surface area contributed by atoms with Crippen molar-refractivity contribution in [3.63, 3.8) is 0 Å². The van der Waals surface area contributed by atoms with Gasteiger partial charge in [0.2, 0.25) is 5.91 Å². The van der Waals surface area contributed by atoms with Gasteiger partial charge in [-0.2, -0.15) is 0 Å². The van der Waals surface area contributed by atoms with E-state index in [-0.39, 0.29) is 17.9 Å². The van der Waals surface area contributed by atoms with Crippen LogP contribution in [0.15, 0.2) is 60.7 Å². The maximum absolute atomic E-state index is 11.7. The number of rotatable bonds is 5. The van der Waals surface area contributed by atoms with E-state index in [0.29, 0.717) is 6.42 Å². The molecule has 0 saturated carbocycles. The van der Waals surface area contributed by atoms with E-state index in [1.165, 1.54) is 11.1 Å². The molecule has 0 bridgehead atoms. The molecule has 2 aromatic rings. The minimum atomic E-state index is 0.0623. The summed E-state index contributed by atoms with van der Waals surface area (Å²) in [7, 11) is 0. The van der Waals surface area contributed by atoms with E-state index < -0.39 is 0 Å². The van der Waals surface area contributed by atoms with Gasteiger partial charge < -0.3 is 5.32 Å². The highest BCUT2D eigenvalue weighted by atomic mass is 16.1. The Balaban J connectivity index is 2.32. The van der Waals surface area contributed by atoms with E-state index in [0.717, 1.165) is 0 Å². The first-order chi connectivity index (χ1) is 9.72. The fourth-order valence-corrected chi connectivity index (χ4v) is 2.53. The third kappa shape index (κ3) is 3.47. The fraction of sp³-hybridized carbons (Fsp3) is 0.278. The summed E-state index contributed by atoms with van der Waals surface area (Å²) in [4.78, 5) is 11.7. The molecule has 104 valence electrons. The Hall–Kier alpha value is -2.09. The van der Waals surface area contributed by atoms with E-state index in [4.69, 9.17) is 0 Å². The Bertz CT molecular complexity index is 496. The van der Waals surface area contributed by atoms with Crippen molar-refractivity contribution >= 4 is 5.91 Å². The van der Waals surface area contributed by atoms with Crippen LogP contribution in [0.4, 0.5) is 0 Å².